The summed E-state index contributed by atoms with van der Waals surface area (Å²) in [4.78, 5) is 60.5. The highest BCUT2D eigenvalue weighted by atomic mass is 32.2. The largest absolute Gasteiger partial charge is 0.478 e. The zero-order valence-corrected chi connectivity index (χ0v) is 20.5. The Morgan fingerprint density at radius 1 is 1.25 bits per heavy atom. The van der Waals surface area contributed by atoms with Crippen molar-refractivity contribution in [3.63, 3.8) is 0 Å². The molecule has 3 atom stereocenters. The Bertz CT molecular complexity index is 1220. The number of benzene rings is 1. The number of nitrogens with zero attached hydrogens (tertiary/aromatic N) is 3. The van der Waals surface area contributed by atoms with Crippen molar-refractivity contribution >= 4 is 41.3 Å². The number of carboxylic acids is 1. The Morgan fingerprint density at radius 2 is 1.97 bits per heavy atom. The Balaban J connectivity index is 1.58. The Labute approximate surface area is 211 Å². The zero-order chi connectivity index (χ0) is 26.1. The number of hydrogen-bond donors (Lipinski definition) is 4. The normalized spacial score (nSPS) is 23.3. The molecule has 5 N–H and O–H groups in total. The van der Waals surface area contributed by atoms with Gasteiger partial charge in [0.2, 0.25) is 23.4 Å². The van der Waals surface area contributed by atoms with E-state index in [2.05, 4.69) is 20.6 Å². The first-order chi connectivity index (χ1) is 17.1. The van der Waals surface area contributed by atoms with Crippen molar-refractivity contribution in [2.45, 2.75) is 42.1 Å². The molecule has 2 aliphatic rings. The molecular formula is C24H26N6O5S. The minimum Gasteiger partial charge on any atom is -0.478 e. The summed E-state index contributed by atoms with van der Waals surface area (Å²) in [6, 6.07) is 10.5. The molecule has 0 radical (unpaired) electrons. The summed E-state index contributed by atoms with van der Waals surface area (Å²) in [5.41, 5.74) is 4.93. The first-order valence-corrected chi connectivity index (χ1v) is 12.0. The summed E-state index contributed by atoms with van der Waals surface area (Å²) in [6.07, 6.45) is 3.29. The number of nitrogens with two attached hydrogens (primary N) is 1. The average molecular weight is 511 g/mol. The number of hydrogen-bond acceptors (Lipinski definition) is 7. The Morgan fingerprint density at radius 3 is 2.58 bits per heavy atom. The van der Waals surface area contributed by atoms with E-state index in [0.717, 1.165) is 0 Å². The second-order valence-electron chi connectivity index (χ2n) is 8.91. The molecule has 2 aromatic rings. The summed E-state index contributed by atoms with van der Waals surface area (Å²) in [5.74, 6) is -2.98. The lowest BCUT2D eigenvalue weighted by atomic mass is 9.89. The number of carbonyl (C=O) groups is 4. The molecule has 0 saturated carbocycles. The Hall–Kier alpha value is -3.93. The summed E-state index contributed by atoms with van der Waals surface area (Å²) < 4.78 is -1.03. The molecule has 0 aliphatic carbocycles. The van der Waals surface area contributed by atoms with Gasteiger partial charge in [-0.3, -0.25) is 29.3 Å². The number of amides is 3. The van der Waals surface area contributed by atoms with Gasteiger partial charge in [-0.1, -0.05) is 30.3 Å². The summed E-state index contributed by atoms with van der Waals surface area (Å²) in [7, 11) is 0. The maximum Gasteiger partial charge on any atom is 0.352 e. The van der Waals surface area contributed by atoms with E-state index in [1.165, 1.54) is 22.9 Å². The highest BCUT2D eigenvalue weighted by Crippen LogP contribution is 2.55. The van der Waals surface area contributed by atoms with Crippen molar-refractivity contribution in [3.05, 3.63) is 66.0 Å². The van der Waals surface area contributed by atoms with Crippen LogP contribution in [0.3, 0.4) is 0 Å². The van der Waals surface area contributed by atoms with Crippen molar-refractivity contribution in [1.29, 1.82) is 0 Å². The average Bonchev–Trinajstić information content (AvgIpc) is 3.03. The lowest BCUT2D eigenvalue weighted by Gasteiger charge is -2.46. The molecule has 2 fully saturated rings. The molecule has 0 spiro atoms. The van der Waals surface area contributed by atoms with Crippen LogP contribution in [0.2, 0.25) is 0 Å². The molecule has 3 heterocycles. The fourth-order valence-corrected chi connectivity index (χ4v) is 6.08. The van der Waals surface area contributed by atoms with Gasteiger partial charge >= 0.3 is 5.97 Å². The number of carbonyl (C=O) groups excluding carboxylic acids is 3. The van der Waals surface area contributed by atoms with Crippen LogP contribution in [-0.2, 0) is 19.2 Å². The van der Waals surface area contributed by atoms with Crippen LogP contribution >= 0.6 is 11.8 Å². The van der Waals surface area contributed by atoms with Crippen LogP contribution < -0.4 is 16.4 Å². The number of aliphatic carboxylic acids is 1. The van der Waals surface area contributed by atoms with Gasteiger partial charge < -0.3 is 21.5 Å². The fourth-order valence-electron chi connectivity index (χ4n) is 4.39. The number of fused-ring (bicyclic) bond motifs is 1. The highest BCUT2D eigenvalue weighted by molar-refractivity contribution is 8.01. The third-order valence-electron chi connectivity index (χ3n) is 6.23. The monoisotopic (exact) mass is 510 g/mol. The molecule has 3 amide bonds. The number of rotatable bonds is 8. The van der Waals surface area contributed by atoms with Crippen molar-refractivity contribution < 1.29 is 24.3 Å². The van der Waals surface area contributed by atoms with Gasteiger partial charge in [0.25, 0.3) is 0 Å². The maximum atomic E-state index is 13.6. The second-order valence-corrected chi connectivity index (χ2v) is 10.7. The van der Waals surface area contributed by atoms with Crippen LogP contribution in [0.5, 0.6) is 0 Å². The first-order valence-electron chi connectivity index (χ1n) is 11.2. The lowest BCUT2D eigenvalue weighted by Crippen LogP contribution is -2.75. The quantitative estimate of drug-likeness (QED) is 0.228. The third-order valence-corrected chi connectivity index (χ3v) is 7.77. The van der Waals surface area contributed by atoms with Crippen molar-refractivity contribution in [2.24, 2.45) is 10.7 Å². The van der Waals surface area contributed by atoms with Crippen LogP contribution in [0.1, 0.15) is 37.4 Å². The maximum absolute atomic E-state index is 13.6. The molecule has 12 heteroatoms. The first kappa shape index (κ1) is 25.2. The molecule has 188 valence electrons. The van der Waals surface area contributed by atoms with E-state index in [-0.39, 0.29) is 30.1 Å². The molecule has 4 rings (SSSR count). The second kappa shape index (κ2) is 9.61. The molecule has 11 nitrogen and oxygen atoms in total. The number of aliphatic imine (C=N–C) groups is 1. The number of β-lactam (4-membered cyclic amide) rings is 1. The minimum atomic E-state index is -1.98. The number of carboxylic acid groups (broad SMARTS) is 1. The summed E-state index contributed by atoms with van der Waals surface area (Å²) in [6.45, 7) is 2.98. The minimum absolute atomic E-state index is 0.107. The van der Waals surface area contributed by atoms with E-state index in [0.29, 0.717) is 11.1 Å². The lowest BCUT2D eigenvalue weighted by molar-refractivity contribution is -0.173. The summed E-state index contributed by atoms with van der Waals surface area (Å²) in [5, 5.41) is 15.1. The predicted octanol–water partition coefficient (Wildman–Crippen LogP) is 0.625. The molecule has 36 heavy (non-hydrogen) atoms. The third kappa shape index (κ3) is 4.39. The number of pyridine rings is 1. The molecular weight excluding hydrogens is 484 g/mol. The van der Waals surface area contributed by atoms with Crippen LogP contribution in [0.4, 0.5) is 0 Å². The van der Waals surface area contributed by atoms with Gasteiger partial charge in [0.05, 0.1) is 16.5 Å². The predicted molar refractivity (Wildman–Crippen MR) is 133 cm³/mol. The molecule has 2 aliphatic heterocycles. The Kier molecular flexibility index (Phi) is 6.72. The number of thioether (sulfide) groups is 1. The van der Waals surface area contributed by atoms with Crippen molar-refractivity contribution in [3.8, 4) is 0 Å². The van der Waals surface area contributed by atoms with Gasteiger partial charge in [0, 0.05) is 18.0 Å². The van der Waals surface area contributed by atoms with E-state index < -0.39 is 34.2 Å². The smallest absolute Gasteiger partial charge is 0.352 e. The van der Waals surface area contributed by atoms with Crippen molar-refractivity contribution in [1.82, 2.24) is 20.5 Å². The van der Waals surface area contributed by atoms with Crippen LogP contribution in [0, 0.1) is 0 Å². The van der Waals surface area contributed by atoms with Crippen LogP contribution in [-0.4, -0.2) is 66.8 Å². The fraction of sp³-hybridized carbons (Fsp3) is 0.333. The van der Waals surface area contributed by atoms with Gasteiger partial charge in [-0.05, 0) is 31.5 Å². The highest BCUT2D eigenvalue weighted by Gasteiger charge is 2.70. The van der Waals surface area contributed by atoms with Gasteiger partial charge in [0.15, 0.2) is 0 Å². The summed E-state index contributed by atoms with van der Waals surface area (Å²) >= 11 is 1.31. The van der Waals surface area contributed by atoms with E-state index in [9.17, 15) is 24.3 Å². The van der Waals surface area contributed by atoms with Gasteiger partial charge in [-0.25, -0.2) is 4.79 Å². The van der Waals surface area contributed by atoms with E-state index in [1.807, 2.05) is 0 Å². The molecule has 1 unspecified atom stereocenters. The van der Waals surface area contributed by atoms with Gasteiger partial charge in [0.1, 0.15) is 18.4 Å². The van der Waals surface area contributed by atoms with Gasteiger partial charge in [-0.15, -0.1) is 11.8 Å². The van der Waals surface area contributed by atoms with E-state index >= 15 is 0 Å². The molecule has 0 bridgehead atoms. The van der Waals surface area contributed by atoms with Crippen LogP contribution in [0.15, 0.2) is 59.9 Å². The number of nitrogens with one attached hydrogen (secondary N) is 2. The van der Waals surface area contributed by atoms with E-state index in [4.69, 9.17) is 5.73 Å². The zero-order valence-electron chi connectivity index (χ0n) is 19.7. The SMILES string of the molecule is CC1(C)S[C@@H]2CC(=O)N2[C@@]1(NC(=O)C(NC(=O)CN=C(N)c1cccnc1)c1ccccc1)C(=O)O. The number of aromatic nitrogens is 1. The van der Waals surface area contributed by atoms with E-state index in [1.54, 1.807) is 62.5 Å². The van der Waals surface area contributed by atoms with Crippen molar-refractivity contribution in [2.75, 3.05) is 6.54 Å². The molecule has 1 aromatic heterocycles. The molecule has 2 saturated heterocycles. The topological polar surface area (TPSA) is 167 Å². The van der Waals surface area contributed by atoms with Crippen LogP contribution in [0.25, 0.3) is 0 Å². The van der Waals surface area contributed by atoms with Gasteiger partial charge in [-0.2, -0.15) is 0 Å². The standard InChI is InChI=1S/C24H26N6O5S/c1-23(2)24(22(34)35,30-17(32)11-18(30)36-23)29-21(33)19(14-7-4-3-5-8-14)28-16(31)13-27-20(25)15-9-6-10-26-12-15/h3-10,12,18-19H,11,13H2,1-2H3,(H2,25,27)(H,28,31)(H,29,33)(H,34,35)/t18-,19?,24+/m1/s1. The number of amidine groups is 1. The molecule has 1 aromatic carbocycles.